The molecular formula is C12H17N3O2S. The fourth-order valence-electron chi connectivity index (χ4n) is 2.70. The maximum absolute atomic E-state index is 12.0. The quantitative estimate of drug-likeness (QED) is 0.892. The molecule has 1 aromatic heterocycles. The average molecular weight is 267 g/mol. The lowest BCUT2D eigenvalue weighted by molar-refractivity contribution is 0.0355. The molecule has 1 spiro atoms. The lowest BCUT2D eigenvalue weighted by Gasteiger charge is -2.47. The first-order chi connectivity index (χ1) is 8.72. The summed E-state index contributed by atoms with van der Waals surface area (Å²) in [5, 5.41) is 6.53. The third-order valence-corrected chi connectivity index (χ3v) is 5.13. The predicted molar refractivity (Wildman–Crippen MR) is 69.7 cm³/mol. The van der Waals surface area contributed by atoms with Gasteiger partial charge in [-0.1, -0.05) is 0 Å². The fraction of sp³-hybridized carbons (Fsp3) is 0.667. The molecule has 98 valence electrons. The molecule has 18 heavy (non-hydrogen) atoms. The molecule has 2 fully saturated rings. The molecule has 0 aromatic carbocycles. The van der Waals surface area contributed by atoms with E-state index in [-0.39, 0.29) is 10.7 Å². The van der Waals surface area contributed by atoms with Gasteiger partial charge in [-0.15, -0.1) is 11.8 Å². The van der Waals surface area contributed by atoms with E-state index < -0.39 is 0 Å². The average Bonchev–Trinajstić information content (AvgIpc) is 2.95. The molecule has 1 atom stereocenters. The molecule has 0 aliphatic carbocycles. The molecular weight excluding hydrogens is 250 g/mol. The Labute approximate surface area is 110 Å². The highest BCUT2D eigenvalue weighted by Crippen LogP contribution is 2.46. The number of aromatic nitrogens is 2. The number of nitrogens with zero attached hydrogens (tertiary/aromatic N) is 2. The SMILES string of the molecule is CCO[C@@H]1CSC2(C1)CN(C(=O)c1ccn[nH]1)C2. The van der Waals surface area contributed by atoms with Crippen molar-refractivity contribution < 1.29 is 9.53 Å². The monoisotopic (exact) mass is 267 g/mol. The van der Waals surface area contributed by atoms with Crippen LogP contribution in [0.2, 0.25) is 0 Å². The van der Waals surface area contributed by atoms with Crippen LogP contribution in [0.4, 0.5) is 0 Å². The first-order valence-electron chi connectivity index (χ1n) is 6.27. The number of aromatic amines is 1. The summed E-state index contributed by atoms with van der Waals surface area (Å²) in [6, 6.07) is 1.72. The lowest BCUT2D eigenvalue weighted by Crippen LogP contribution is -2.60. The van der Waals surface area contributed by atoms with Crippen molar-refractivity contribution in [3.8, 4) is 0 Å². The summed E-state index contributed by atoms with van der Waals surface area (Å²) < 4.78 is 5.91. The zero-order chi connectivity index (χ0) is 12.6. The number of rotatable bonds is 3. The van der Waals surface area contributed by atoms with E-state index in [2.05, 4.69) is 10.2 Å². The Bertz CT molecular complexity index is 429. The van der Waals surface area contributed by atoms with Gasteiger partial charge in [-0.3, -0.25) is 9.89 Å². The van der Waals surface area contributed by atoms with Crippen LogP contribution in [-0.4, -0.2) is 57.3 Å². The smallest absolute Gasteiger partial charge is 0.271 e. The van der Waals surface area contributed by atoms with Crippen molar-refractivity contribution in [3.05, 3.63) is 18.0 Å². The highest BCUT2D eigenvalue weighted by atomic mass is 32.2. The van der Waals surface area contributed by atoms with Crippen LogP contribution in [0.5, 0.6) is 0 Å². The summed E-state index contributed by atoms with van der Waals surface area (Å²) in [6.07, 6.45) is 3.04. The second-order valence-electron chi connectivity index (χ2n) is 4.91. The van der Waals surface area contributed by atoms with Crippen molar-refractivity contribution >= 4 is 17.7 Å². The first-order valence-corrected chi connectivity index (χ1v) is 7.25. The Hall–Kier alpha value is -1.01. The minimum absolute atomic E-state index is 0.0542. The van der Waals surface area contributed by atoms with Crippen LogP contribution >= 0.6 is 11.8 Å². The number of thioether (sulfide) groups is 1. The van der Waals surface area contributed by atoms with Crippen LogP contribution in [0, 0.1) is 0 Å². The number of H-pyrrole nitrogens is 1. The lowest BCUT2D eigenvalue weighted by atomic mass is 9.92. The predicted octanol–water partition coefficient (Wildman–Crippen LogP) is 1.15. The molecule has 0 saturated carbocycles. The number of likely N-dealkylation sites (tertiary alicyclic amines) is 1. The van der Waals surface area contributed by atoms with Crippen LogP contribution in [0.15, 0.2) is 12.3 Å². The van der Waals surface area contributed by atoms with E-state index in [9.17, 15) is 4.79 Å². The zero-order valence-corrected chi connectivity index (χ0v) is 11.2. The highest BCUT2D eigenvalue weighted by Gasteiger charge is 2.51. The van der Waals surface area contributed by atoms with E-state index in [4.69, 9.17) is 4.74 Å². The van der Waals surface area contributed by atoms with Gasteiger partial charge in [0.15, 0.2) is 0 Å². The van der Waals surface area contributed by atoms with Gasteiger partial charge >= 0.3 is 0 Å². The van der Waals surface area contributed by atoms with Gasteiger partial charge in [0.25, 0.3) is 5.91 Å². The van der Waals surface area contributed by atoms with Gasteiger partial charge in [-0.25, -0.2) is 0 Å². The minimum atomic E-state index is 0.0542. The summed E-state index contributed by atoms with van der Waals surface area (Å²) in [7, 11) is 0. The standard InChI is InChI=1S/C12H17N3O2S/c1-2-17-9-5-12(18-6-9)7-15(8-12)11(16)10-3-4-13-14-10/h3-4,9H,2,5-8H2,1H3,(H,13,14)/t9-/m0/s1. The van der Waals surface area contributed by atoms with Crippen molar-refractivity contribution in [3.63, 3.8) is 0 Å². The van der Waals surface area contributed by atoms with Gasteiger partial charge in [0.1, 0.15) is 5.69 Å². The van der Waals surface area contributed by atoms with Crippen molar-refractivity contribution in [1.82, 2.24) is 15.1 Å². The van der Waals surface area contributed by atoms with Gasteiger partial charge in [0.2, 0.25) is 0 Å². The van der Waals surface area contributed by atoms with Crippen LogP contribution in [-0.2, 0) is 4.74 Å². The summed E-state index contributed by atoms with van der Waals surface area (Å²) in [6.45, 7) is 4.47. The molecule has 1 N–H and O–H groups in total. The minimum Gasteiger partial charge on any atom is -0.378 e. The van der Waals surface area contributed by atoms with E-state index in [0.29, 0.717) is 11.8 Å². The molecule has 2 aliphatic rings. The van der Waals surface area contributed by atoms with Gasteiger partial charge in [0, 0.05) is 31.6 Å². The molecule has 2 saturated heterocycles. The third kappa shape index (κ3) is 2.03. The Kier molecular flexibility index (Phi) is 3.07. The van der Waals surface area contributed by atoms with Crippen LogP contribution < -0.4 is 0 Å². The number of hydrogen-bond donors (Lipinski definition) is 1. The van der Waals surface area contributed by atoms with Crippen LogP contribution in [0.25, 0.3) is 0 Å². The number of ether oxygens (including phenoxy) is 1. The molecule has 0 radical (unpaired) electrons. The summed E-state index contributed by atoms with van der Waals surface area (Å²) >= 11 is 1.95. The Morgan fingerprint density at radius 1 is 1.72 bits per heavy atom. The second kappa shape index (κ2) is 4.59. The number of amides is 1. The molecule has 0 bridgehead atoms. The van der Waals surface area contributed by atoms with Crippen LogP contribution in [0.1, 0.15) is 23.8 Å². The zero-order valence-electron chi connectivity index (χ0n) is 10.4. The normalized spacial score (nSPS) is 25.4. The molecule has 2 aliphatic heterocycles. The topological polar surface area (TPSA) is 58.2 Å². The summed E-state index contributed by atoms with van der Waals surface area (Å²) in [5.41, 5.74) is 0.578. The van der Waals surface area contributed by atoms with Gasteiger partial charge in [-0.2, -0.15) is 5.10 Å². The molecule has 5 nitrogen and oxygen atoms in total. The molecule has 6 heteroatoms. The second-order valence-corrected chi connectivity index (χ2v) is 6.40. The first kappa shape index (κ1) is 12.0. The van der Waals surface area contributed by atoms with Crippen molar-refractivity contribution in [2.24, 2.45) is 0 Å². The Morgan fingerprint density at radius 3 is 3.22 bits per heavy atom. The number of hydrogen-bond acceptors (Lipinski definition) is 4. The van der Waals surface area contributed by atoms with E-state index in [1.54, 1.807) is 12.3 Å². The fourth-order valence-corrected chi connectivity index (χ4v) is 4.26. The van der Waals surface area contributed by atoms with E-state index >= 15 is 0 Å². The molecule has 1 amide bonds. The number of carbonyl (C=O) groups is 1. The molecule has 1 aromatic rings. The van der Waals surface area contributed by atoms with E-state index in [1.165, 1.54) is 0 Å². The number of carbonyl (C=O) groups excluding carboxylic acids is 1. The maximum Gasteiger partial charge on any atom is 0.271 e. The maximum atomic E-state index is 12.0. The third-order valence-electron chi connectivity index (χ3n) is 3.55. The summed E-state index contributed by atoms with van der Waals surface area (Å²) in [5.74, 6) is 1.11. The van der Waals surface area contributed by atoms with Crippen molar-refractivity contribution in [2.75, 3.05) is 25.4 Å². The van der Waals surface area contributed by atoms with Gasteiger partial charge in [0.05, 0.1) is 10.9 Å². The largest absolute Gasteiger partial charge is 0.378 e. The van der Waals surface area contributed by atoms with Gasteiger partial charge in [-0.05, 0) is 19.4 Å². The van der Waals surface area contributed by atoms with Crippen molar-refractivity contribution in [2.45, 2.75) is 24.2 Å². The van der Waals surface area contributed by atoms with E-state index in [0.717, 1.165) is 31.9 Å². The molecule has 3 rings (SSSR count). The number of nitrogens with one attached hydrogen (secondary N) is 1. The van der Waals surface area contributed by atoms with Crippen molar-refractivity contribution in [1.29, 1.82) is 0 Å². The Morgan fingerprint density at radius 2 is 2.56 bits per heavy atom. The molecule has 0 unspecified atom stereocenters. The van der Waals surface area contributed by atoms with Gasteiger partial charge < -0.3 is 9.64 Å². The highest BCUT2D eigenvalue weighted by molar-refractivity contribution is 8.01. The molecule has 3 heterocycles. The summed E-state index contributed by atoms with van der Waals surface area (Å²) in [4.78, 5) is 13.9. The van der Waals surface area contributed by atoms with Crippen LogP contribution in [0.3, 0.4) is 0 Å². The van der Waals surface area contributed by atoms with E-state index in [1.807, 2.05) is 23.6 Å². The Balaban J connectivity index is 1.56.